The monoisotopic (exact) mass is 358 g/mol. The second-order valence-electron chi connectivity index (χ2n) is 4.97. The van der Waals surface area contributed by atoms with Gasteiger partial charge in [0, 0.05) is 36.2 Å². The van der Waals surface area contributed by atoms with Crippen LogP contribution >= 0.6 is 15.9 Å². The van der Waals surface area contributed by atoms with E-state index in [0.717, 1.165) is 0 Å². The summed E-state index contributed by atoms with van der Waals surface area (Å²) >= 11 is 3.17. The minimum atomic E-state index is -0.871. The number of amides is 1. The molecule has 1 aromatic carbocycles. The predicted octanol–water partition coefficient (Wildman–Crippen LogP) is 1.82. The summed E-state index contributed by atoms with van der Waals surface area (Å²) in [6, 6.07) is 4.10. The highest BCUT2D eigenvalue weighted by Gasteiger charge is 2.21. The van der Waals surface area contributed by atoms with E-state index >= 15 is 0 Å². The van der Waals surface area contributed by atoms with Crippen LogP contribution in [0.4, 0.5) is 4.39 Å². The van der Waals surface area contributed by atoms with Crippen molar-refractivity contribution in [3.05, 3.63) is 34.1 Å². The fraction of sp³-hybridized carbons (Fsp3) is 0.429. The van der Waals surface area contributed by atoms with Gasteiger partial charge in [-0.2, -0.15) is 0 Å². The summed E-state index contributed by atoms with van der Waals surface area (Å²) in [4.78, 5) is 26.6. The normalized spacial score (nSPS) is 16.6. The molecule has 1 aromatic rings. The van der Waals surface area contributed by atoms with Crippen molar-refractivity contribution in [3.8, 4) is 0 Å². The van der Waals surface area contributed by atoms with E-state index in [1.54, 1.807) is 15.9 Å². The van der Waals surface area contributed by atoms with E-state index in [2.05, 4.69) is 15.9 Å². The second-order valence-corrected chi connectivity index (χ2v) is 5.89. The molecule has 21 heavy (non-hydrogen) atoms. The molecule has 0 radical (unpaired) electrons. The van der Waals surface area contributed by atoms with Gasteiger partial charge in [-0.3, -0.25) is 14.5 Å². The minimum absolute atomic E-state index is 0.0203. The SMILES string of the molecule is O=C(O)CN1CCCN(C(=O)c2cc(F)cc(Br)c2)CC1. The number of carboxylic acid groups (broad SMARTS) is 1. The Bertz CT molecular complexity index is 533. The van der Waals surface area contributed by atoms with Crippen LogP contribution in [0.15, 0.2) is 22.7 Å². The molecule has 0 spiro atoms. The fourth-order valence-corrected chi connectivity index (χ4v) is 2.85. The zero-order valence-electron chi connectivity index (χ0n) is 11.4. The van der Waals surface area contributed by atoms with E-state index in [0.29, 0.717) is 42.6 Å². The summed E-state index contributed by atoms with van der Waals surface area (Å²) in [5, 5.41) is 8.80. The molecule has 1 amide bonds. The molecule has 5 nitrogen and oxygen atoms in total. The second kappa shape index (κ2) is 7.00. The number of hydrogen-bond donors (Lipinski definition) is 1. The van der Waals surface area contributed by atoms with Gasteiger partial charge >= 0.3 is 5.97 Å². The molecule has 1 N–H and O–H groups in total. The van der Waals surface area contributed by atoms with Crippen molar-refractivity contribution in [3.63, 3.8) is 0 Å². The number of benzene rings is 1. The van der Waals surface area contributed by atoms with Crippen molar-refractivity contribution in [2.24, 2.45) is 0 Å². The van der Waals surface area contributed by atoms with Crippen LogP contribution in [-0.2, 0) is 4.79 Å². The molecule has 0 aromatic heterocycles. The number of aliphatic carboxylic acids is 1. The lowest BCUT2D eigenvalue weighted by Gasteiger charge is -2.21. The summed E-state index contributed by atoms with van der Waals surface area (Å²) in [7, 11) is 0. The molecule has 7 heteroatoms. The quantitative estimate of drug-likeness (QED) is 0.895. The lowest BCUT2D eigenvalue weighted by atomic mass is 10.2. The molecule has 1 saturated heterocycles. The van der Waals surface area contributed by atoms with E-state index in [9.17, 15) is 14.0 Å². The molecule has 0 unspecified atom stereocenters. The van der Waals surface area contributed by atoms with Crippen molar-refractivity contribution in [2.45, 2.75) is 6.42 Å². The molecule has 0 bridgehead atoms. The maximum Gasteiger partial charge on any atom is 0.317 e. The highest BCUT2D eigenvalue weighted by Crippen LogP contribution is 2.17. The highest BCUT2D eigenvalue weighted by atomic mass is 79.9. The van der Waals surface area contributed by atoms with Crippen LogP contribution in [0.1, 0.15) is 16.8 Å². The van der Waals surface area contributed by atoms with Gasteiger partial charge in [0.15, 0.2) is 0 Å². The fourth-order valence-electron chi connectivity index (χ4n) is 2.38. The number of carboxylic acids is 1. The van der Waals surface area contributed by atoms with E-state index in [4.69, 9.17) is 5.11 Å². The molecular formula is C14H16BrFN2O3. The lowest BCUT2D eigenvalue weighted by molar-refractivity contribution is -0.138. The van der Waals surface area contributed by atoms with Gasteiger partial charge in [-0.05, 0) is 24.6 Å². The minimum Gasteiger partial charge on any atom is -0.480 e. The third kappa shape index (κ3) is 4.50. The Morgan fingerprint density at radius 1 is 1.19 bits per heavy atom. The maximum absolute atomic E-state index is 13.4. The van der Waals surface area contributed by atoms with Crippen molar-refractivity contribution >= 4 is 27.8 Å². The van der Waals surface area contributed by atoms with Crippen molar-refractivity contribution < 1.29 is 19.1 Å². The molecule has 1 aliphatic heterocycles. The third-order valence-corrected chi connectivity index (χ3v) is 3.80. The molecule has 1 fully saturated rings. The van der Waals surface area contributed by atoms with Crippen LogP contribution in [0.5, 0.6) is 0 Å². The van der Waals surface area contributed by atoms with Crippen molar-refractivity contribution in [1.29, 1.82) is 0 Å². The van der Waals surface area contributed by atoms with Crippen LogP contribution in [0.3, 0.4) is 0 Å². The summed E-state index contributed by atoms with van der Waals surface area (Å²) in [5.41, 5.74) is 0.300. The molecule has 0 aliphatic carbocycles. The van der Waals surface area contributed by atoms with Gasteiger partial charge in [0.05, 0.1) is 6.54 Å². The Labute approximate surface area is 130 Å². The first-order valence-electron chi connectivity index (χ1n) is 6.65. The Balaban J connectivity index is 2.04. The average molecular weight is 359 g/mol. The number of nitrogens with zero attached hydrogens (tertiary/aromatic N) is 2. The van der Waals surface area contributed by atoms with E-state index in [1.807, 2.05) is 0 Å². The summed E-state index contributed by atoms with van der Waals surface area (Å²) in [6.45, 7) is 2.12. The van der Waals surface area contributed by atoms with Gasteiger partial charge in [0.1, 0.15) is 5.82 Å². The molecule has 0 saturated carbocycles. The first-order chi connectivity index (χ1) is 9.95. The topological polar surface area (TPSA) is 60.9 Å². The Kier molecular flexibility index (Phi) is 5.30. The smallest absolute Gasteiger partial charge is 0.317 e. The lowest BCUT2D eigenvalue weighted by Crippen LogP contribution is -2.36. The number of hydrogen-bond acceptors (Lipinski definition) is 3. The number of rotatable bonds is 3. The number of halogens is 2. The van der Waals surface area contributed by atoms with Crippen LogP contribution in [0, 0.1) is 5.82 Å². The van der Waals surface area contributed by atoms with Gasteiger partial charge in [0.2, 0.25) is 0 Å². The first kappa shape index (κ1) is 15.9. The predicted molar refractivity (Wildman–Crippen MR) is 78.7 cm³/mol. The number of carbonyl (C=O) groups excluding carboxylic acids is 1. The summed E-state index contributed by atoms with van der Waals surface area (Å²) in [5.74, 6) is -1.56. The average Bonchev–Trinajstić information content (AvgIpc) is 2.61. The molecule has 1 aliphatic rings. The Morgan fingerprint density at radius 3 is 2.62 bits per heavy atom. The van der Waals surface area contributed by atoms with Gasteiger partial charge < -0.3 is 10.0 Å². The largest absolute Gasteiger partial charge is 0.480 e. The standard InChI is InChI=1S/C14H16BrFN2O3/c15-11-6-10(7-12(16)8-11)14(21)18-3-1-2-17(4-5-18)9-13(19)20/h6-8H,1-5,9H2,(H,19,20). The van der Waals surface area contributed by atoms with Crippen molar-refractivity contribution in [1.82, 2.24) is 9.80 Å². The molecule has 1 heterocycles. The van der Waals surface area contributed by atoms with Crippen LogP contribution in [0.2, 0.25) is 0 Å². The van der Waals surface area contributed by atoms with Gasteiger partial charge in [0.25, 0.3) is 5.91 Å². The van der Waals surface area contributed by atoms with E-state index in [1.165, 1.54) is 12.1 Å². The third-order valence-electron chi connectivity index (χ3n) is 3.34. The van der Waals surface area contributed by atoms with Gasteiger partial charge in [-0.25, -0.2) is 4.39 Å². The molecule has 0 atom stereocenters. The zero-order chi connectivity index (χ0) is 15.4. The zero-order valence-corrected chi connectivity index (χ0v) is 13.0. The molecule has 2 rings (SSSR count). The van der Waals surface area contributed by atoms with Gasteiger partial charge in [-0.1, -0.05) is 15.9 Å². The number of carbonyl (C=O) groups is 2. The first-order valence-corrected chi connectivity index (χ1v) is 7.44. The maximum atomic E-state index is 13.4. The van der Waals surface area contributed by atoms with E-state index < -0.39 is 11.8 Å². The molecular weight excluding hydrogens is 343 g/mol. The van der Waals surface area contributed by atoms with E-state index in [-0.39, 0.29) is 12.5 Å². The highest BCUT2D eigenvalue weighted by molar-refractivity contribution is 9.10. The molecule has 114 valence electrons. The summed E-state index contributed by atoms with van der Waals surface area (Å²) in [6.07, 6.45) is 0.704. The van der Waals surface area contributed by atoms with Gasteiger partial charge in [-0.15, -0.1) is 0 Å². The summed E-state index contributed by atoms with van der Waals surface area (Å²) < 4.78 is 13.9. The Hall–Kier alpha value is -1.47. The van der Waals surface area contributed by atoms with Crippen LogP contribution in [0.25, 0.3) is 0 Å². The van der Waals surface area contributed by atoms with Crippen LogP contribution < -0.4 is 0 Å². The van der Waals surface area contributed by atoms with Crippen molar-refractivity contribution in [2.75, 3.05) is 32.7 Å². The van der Waals surface area contributed by atoms with Crippen LogP contribution in [-0.4, -0.2) is 59.5 Å². The Morgan fingerprint density at radius 2 is 1.95 bits per heavy atom.